The number of carbonyl (C=O) groups is 2. The van der Waals surface area contributed by atoms with Crippen LogP contribution in [0.1, 0.15) is 18.5 Å². The number of fused-ring (bicyclic) bond motifs is 1. The van der Waals surface area contributed by atoms with Crippen LogP contribution in [0.25, 0.3) is 0 Å². The molecular formula is C18H17NO3S. The zero-order valence-electron chi connectivity index (χ0n) is 12.8. The van der Waals surface area contributed by atoms with E-state index in [1.807, 2.05) is 54.6 Å². The molecule has 118 valence electrons. The second-order valence-electron chi connectivity index (χ2n) is 5.25. The number of amides is 1. The molecule has 23 heavy (non-hydrogen) atoms. The Morgan fingerprint density at radius 3 is 2.57 bits per heavy atom. The molecule has 0 spiro atoms. The van der Waals surface area contributed by atoms with Crippen molar-refractivity contribution in [3.8, 4) is 0 Å². The Morgan fingerprint density at radius 1 is 1.13 bits per heavy atom. The molecule has 1 heterocycles. The third-order valence-electron chi connectivity index (χ3n) is 3.69. The van der Waals surface area contributed by atoms with E-state index in [2.05, 4.69) is 0 Å². The van der Waals surface area contributed by atoms with E-state index in [0.717, 1.165) is 21.9 Å². The highest BCUT2D eigenvalue weighted by Crippen LogP contribution is 2.43. The molecule has 1 aliphatic rings. The molecule has 0 aliphatic carbocycles. The number of hydrogen-bond acceptors (Lipinski definition) is 4. The fraction of sp³-hybridized carbons (Fsp3) is 0.222. The lowest BCUT2D eigenvalue weighted by molar-refractivity contribution is -0.145. The van der Waals surface area contributed by atoms with E-state index < -0.39 is 5.97 Å². The molecule has 0 N–H and O–H groups in total. The number of para-hydroxylation sites is 1. The minimum absolute atomic E-state index is 0.0702. The van der Waals surface area contributed by atoms with E-state index in [1.165, 1.54) is 6.92 Å². The Labute approximate surface area is 139 Å². The zero-order valence-corrected chi connectivity index (χ0v) is 13.6. The van der Waals surface area contributed by atoms with Crippen LogP contribution in [0.4, 0.5) is 5.69 Å². The van der Waals surface area contributed by atoms with Crippen molar-refractivity contribution in [2.45, 2.75) is 17.9 Å². The van der Waals surface area contributed by atoms with Gasteiger partial charge in [0, 0.05) is 17.6 Å². The Kier molecular flexibility index (Phi) is 4.67. The number of nitrogens with zero attached hydrogens (tertiary/aromatic N) is 1. The van der Waals surface area contributed by atoms with Crippen LogP contribution < -0.4 is 4.90 Å². The monoisotopic (exact) mass is 327 g/mol. The van der Waals surface area contributed by atoms with Crippen LogP contribution in [0.3, 0.4) is 0 Å². The summed E-state index contributed by atoms with van der Waals surface area (Å²) in [7, 11) is 0. The van der Waals surface area contributed by atoms with Gasteiger partial charge in [0.1, 0.15) is 0 Å². The lowest BCUT2D eigenvalue weighted by Gasteiger charge is -2.37. The summed E-state index contributed by atoms with van der Waals surface area (Å²) in [5, 5.41) is 0. The first-order valence-electron chi connectivity index (χ1n) is 7.39. The number of ether oxygens (including phenoxy) is 1. The van der Waals surface area contributed by atoms with Crippen molar-refractivity contribution >= 4 is 29.3 Å². The molecule has 0 bridgehead atoms. The number of rotatable bonds is 3. The number of anilines is 1. The smallest absolute Gasteiger partial charge is 0.303 e. The molecular weight excluding hydrogens is 310 g/mol. The van der Waals surface area contributed by atoms with E-state index in [-0.39, 0.29) is 18.6 Å². The summed E-state index contributed by atoms with van der Waals surface area (Å²) >= 11 is 1.74. The number of esters is 1. The molecule has 3 rings (SSSR count). The summed E-state index contributed by atoms with van der Waals surface area (Å²) in [5.41, 5.74) is 1.94. The molecule has 1 aliphatic heterocycles. The maximum Gasteiger partial charge on any atom is 0.303 e. The SMILES string of the molecule is CC(=O)OCC(=O)N1c2ccccc2SCC1c1ccccc1. The lowest BCUT2D eigenvalue weighted by Crippen LogP contribution is -2.41. The molecule has 1 atom stereocenters. The highest BCUT2D eigenvalue weighted by atomic mass is 32.2. The van der Waals surface area contributed by atoms with Gasteiger partial charge in [-0.3, -0.25) is 14.5 Å². The minimum atomic E-state index is -0.450. The van der Waals surface area contributed by atoms with E-state index >= 15 is 0 Å². The zero-order chi connectivity index (χ0) is 16.2. The maximum absolute atomic E-state index is 12.7. The predicted octanol–water partition coefficient (Wildman–Crippen LogP) is 3.43. The van der Waals surface area contributed by atoms with Gasteiger partial charge in [-0.1, -0.05) is 42.5 Å². The lowest BCUT2D eigenvalue weighted by atomic mass is 10.1. The first-order valence-corrected chi connectivity index (χ1v) is 8.37. The summed E-state index contributed by atoms with van der Waals surface area (Å²) in [4.78, 5) is 26.5. The molecule has 0 saturated carbocycles. The topological polar surface area (TPSA) is 46.6 Å². The largest absolute Gasteiger partial charge is 0.456 e. The van der Waals surface area contributed by atoms with Gasteiger partial charge >= 0.3 is 5.97 Å². The van der Waals surface area contributed by atoms with Crippen LogP contribution in [0.2, 0.25) is 0 Å². The summed E-state index contributed by atoms with van der Waals surface area (Å²) < 4.78 is 4.92. The van der Waals surface area contributed by atoms with Gasteiger partial charge in [-0.05, 0) is 17.7 Å². The van der Waals surface area contributed by atoms with Crippen LogP contribution >= 0.6 is 11.8 Å². The van der Waals surface area contributed by atoms with E-state index in [4.69, 9.17) is 4.74 Å². The Hall–Kier alpha value is -2.27. The van der Waals surface area contributed by atoms with Gasteiger partial charge in [0.05, 0.1) is 11.7 Å². The van der Waals surface area contributed by atoms with Gasteiger partial charge in [0.25, 0.3) is 5.91 Å². The molecule has 1 amide bonds. The Balaban J connectivity index is 1.96. The molecule has 0 radical (unpaired) electrons. The highest BCUT2D eigenvalue weighted by Gasteiger charge is 2.32. The van der Waals surface area contributed by atoms with E-state index in [1.54, 1.807) is 16.7 Å². The third-order valence-corrected chi connectivity index (χ3v) is 4.82. The first-order chi connectivity index (χ1) is 11.2. The summed E-state index contributed by atoms with van der Waals surface area (Å²) in [6, 6.07) is 17.7. The predicted molar refractivity (Wildman–Crippen MR) is 90.5 cm³/mol. The second kappa shape index (κ2) is 6.87. The molecule has 2 aromatic carbocycles. The van der Waals surface area contributed by atoms with Crippen LogP contribution in [0.15, 0.2) is 59.5 Å². The second-order valence-corrected chi connectivity index (χ2v) is 6.31. The normalized spacial score (nSPS) is 16.6. The Morgan fingerprint density at radius 2 is 1.83 bits per heavy atom. The summed E-state index contributed by atoms with van der Waals surface area (Å²) in [5.74, 6) is 0.114. The molecule has 1 unspecified atom stereocenters. The van der Waals surface area contributed by atoms with Gasteiger partial charge in [-0.2, -0.15) is 0 Å². The van der Waals surface area contributed by atoms with Crippen LogP contribution in [0.5, 0.6) is 0 Å². The average molecular weight is 327 g/mol. The van der Waals surface area contributed by atoms with Gasteiger partial charge in [0.15, 0.2) is 6.61 Å². The molecule has 5 heteroatoms. The summed E-state index contributed by atoms with van der Waals surface area (Å²) in [6.45, 7) is 1.07. The number of carbonyl (C=O) groups excluding carboxylic acids is 2. The molecule has 4 nitrogen and oxygen atoms in total. The molecule has 2 aromatic rings. The molecule has 0 fully saturated rings. The van der Waals surface area contributed by atoms with Crippen molar-refractivity contribution in [2.75, 3.05) is 17.3 Å². The van der Waals surface area contributed by atoms with Crippen LogP contribution in [-0.4, -0.2) is 24.2 Å². The fourth-order valence-electron chi connectivity index (χ4n) is 2.65. The maximum atomic E-state index is 12.7. The highest BCUT2D eigenvalue weighted by molar-refractivity contribution is 7.99. The minimum Gasteiger partial charge on any atom is -0.456 e. The van der Waals surface area contributed by atoms with Gasteiger partial charge in [-0.15, -0.1) is 11.8 Å². The number of benzene rings is 2. The van der Waals surface area contributed by atoms with Gasteiger partial charge < -0.3 is 4.74 Å². The molecule has 0 saturated heterocycles. The van der Waals surface area contributed by atoms with Crippen molar-refractivity contribution in [1.82, 2.24) is 0 Å². The van der Waals surface area contributed by atoms with Crippen molar-refractivity contribution in [2.24, 2.45) is 0 Å². The van der Waals surface area contributed by atoms with E-state index in [0.29, 0.717) is 0 Å². The third kappa shape index (κ3) is 3.40. The van der Waals surface area contributed by atoms with Crippen LogP contribution in [0, 0.1) is 0 Å². The standard InChI is InChI=1S/C18H17NO3S/c1-13(20)22-11-18(21)19-15-9-5-6-10-17(15)23-12-16(19)14-7-3-2-4-8-14/h2-10,16H,11-12H2,1H3. The average Bonchev–Trinajstić information content (AvgIpc) is 2.59. The van der Waals surface area contributed by atoms with Gasteiger partial charge in [-0.25, -0.2) is 0 Å². The van der Waals surface area contributed by atoms with Crippen molar-refractivity contribution in [3.05, 3.63) is 60.2 Å². The van der Waals surface area contributed by atoms with Crippen LogP contribution in [-0.2, 0) is 14.3 Å². The Bertz CT molecular complexity index is 717. The fourth-order valence-corrected chi connectivity index (χ4v) is 3.82. The van der Waals surface area contributed by atoms with Gasteiger partial charge in [0.2, 0.25) is 0 Å². The summed E-state index contributed by atoms with van der Waals surface area (Å²) in [6.07, 6.45) is 0. The van der Waals surface area contributed by atoms with Crippen molar-refractivity contribution in [1.29, 1.82) is 0 Å². The molecule has 0 aromatic heterocycles. The number of thioether (sulfide) groups is 1. The van der Waals surface area contributed by atoms with Crippen molar-refractivity contribution < 1.29 is 14.3 Å². The quantitative estimate of drug-likeness (QED) is 0.810. The number of hydrogen-bond donors (Lipinski definition) is 0. The van der Waals surface area contributed by atoms with E-state index in [9.17, 15) is 9.59 Å². The first kappa shape index (κ1) is 15.6. The van der Waals surface area contributed by atoms with Crippen molar-refractivity contribution in [3.63, 3.8) is 0 Å².